The molecular formula is C21H18BrN3OS. The maximum atomic E-state index is 12.9. The third-order valence-corrected chi connectivity index (χ3v) is 6.71. The Hall–Kier alpha value is -2.23. The number of nitrogens with zero attached hydrogens (tertiary/aromatic N) is 3. The minimum atomic E-state index is -0.167. The van der Waals surface area contributed by atoms with Gasteiger partial charge in [0, 0.05) is 22.5 Å². The van der Waals surface area contributed by atoms with Gasteiger partial charge in [-0.3, -0.25) is 9.69 Å². The number of thioether (sulfide) groups is 1. The van der Waals surface area contributed by atoms with Crippen molar-refractivity contribution in [1.82, 2.24) is 4.90 Å². The second-order valence-electron chi connectivity index (χ2n) is 6.70. The standard InChI is InChI=1S/C21H18BrN3OS/c1-14-4-2-3-5-19(14)24-12-25-20(26)10-17(15-6-8-16(22)9-7-15)18(11-23)21(25)27-13-24/h2-9,17H,10,12-13H2,1H3/t17-/m1/s1. The highest BCUT2D eigenvalue weighted by Crippen LogP contribution is 2.43. The number of allylic oxidation sites excluding steroid dienone is 1. The summed E-state index contributed by atoms with van der Waals surface area (Å²) in [6, 6.07) is 18.5. The largest absolute Gasteiger partial charge is 0.343 e. The van der Waals surface area contributed by atoms with Crippen molar-refractivity contribution in [3.8, 4) is 6.07 Å². The van der Waals surface area contributed by atoms with E-state index in [0.717, 1.165) is 26.6 Å². The van der Waals surface area contributed by atoms with Gasteiger partial charge in [-0.25, -0.2) is 0 Å². The molecule has 0 bridgehead atoms. The van der Waals surface area contributed by atoms with Crippen LogP contribution in [0.25, 0.3) is 0 Å². The first-order chi connectivity index (χ1) is 13.1. The number of hydrogen-bond donors (Lipinski definition) is 0. The highest BCUT2D eigenvalue weighted by Gasteiger charge is 2.38. The van der Waals surface area contributed by atoms with E-state index >= 15 is 0 Å². The number of nitriles is 1. The van der Waals surface area contributed by atoms with Gasteiger partial charge in [-0.05, 0) is 36.2 Å². The first-order valence-corrected chi connectivity index (χ1v) is 10.5. The highest BCUT2D eigenvalue weighted by molar-refractivity contribution is 9.10. The lowest BCUT2D eigenvalue weighted by atomic mass is 9.86. The van der Waals surface area contributed by atoms with Gasteiger partial charge in [0.05, 0.1) is 29.2 Å². The fourth-order valence-corrected chi connectivity index (χ4v) is 5.04. The highest BCUT2D eigenvalue weighted by atomic mass is 79.9. The molecule has 0 unspecified atom stereocenters. The molecule has 136 valence electrons. The fraction of sp³-hybridized carbons (Fsp3) is 0.238. The molecule has 0 N–H and O–H groups in total. The van der Waals surface area contributed by atoms with Crippen LogP contribution in [0.15, 0.2) is 63.6 Å². The Balaban J connectivity index is 1.68. The van der Waals surface area contributed by atoms with E-state index < -0.39 is 0 Å². The van der Waals surface area contributed by atoms with E-state index in [1.165, 1.54) is 5.56 Å². The van der Waals surface area contributed by atoms with Gasteiger partial charge < -0.3 is 4.90 Å². The van der Waals surface area contributed by atoms with Gasteiger partial charge >= 0.3 is 0 Å². The Kier molecular flexibility index (Phi) is 4.98. The summed E-state index contributed by atoms with van der Waals surface area (Å²) in [5.74, 6) is 0.629. The summed E-state index contributed by atoms with van der Waals surface area (Å²) >= 11 is 5.02. The van der Waals surface area contributed by atoms with Crippen LogP contribution in [0, 0.1) is 18.3 Å². The van der Waals surface area contributed by atoms with Crippen LogP contribution in [0.5, 0.6) is 0 Å². The van der Waals surface area contributed by atoms with Crippen LogP contribution in [0.4, 0.5) is 5.69 Å². The zero-order valence-electron chi connectivity index (χ0n) is 14.9. The quantitative estimate of drug-likeness (QED) is 0.661. The molecule has 2 heterocycles. The number of fused-ring (bicyclic) bond motifs is 1. The van der Waals surface area contributed by atoms with Gasteiger partial charge in [-0.2, -0.15) is 5.26 Å². The molecule has 1 atom stereocenters. The third kappa shape index (κ3) is 3.38. The number of para-hydroxylation sites is 1. The van der Waals surface area contributed by atoms with Gasteiger partial charge in [-0.15, -0.1) is 0 Å². The topological polar surface area (TPSA) is 47.3 Å². The molecule has 2 aromatic carbocycles. The molecule has 2 aliphatic rings. The van der Waals surface area contributed by atoms with E-state index in [1.807, 2.05) is 36.4 Å². The minimum Gasteiger partial charge on any atom is -0.343 e. The van der Waals surface area contributed by atoms with E-state index in [-0.39, 0.29) is 11.8 Å². The maximum Gasteiger partial charge on any atom is 0.229 e. The van der Waals surface area contributed by atoms with Crippen molar-refractivity contribution < 1.29 is 4.79 Å². The molecule has 0 saturated carbocycles. The summed E-state index contributed by atoms with van der Waals surface area (Å²) in [6.45, 7) is 2.57. The van der Waals surface area contributed by atoms with Crippen molar-refractivity contribution in [1.29, 1.82) is 5.26 Å². The molecule has 2 aromatic rings. The zero-order valence-corrected chi connectivity index (χ0v) is 17.3. The van der Waals surface area contributed by atoms with Gasteiger partial charge in [-0.1, -0.05) is 58.0 Å². The van der Waals surface area contributed by atoms with E-state index in [1.54, 1.807) is 16.7 Å². The monoisotopic (exact) mass is 439 g/mol. The lowest BCUT2D eigenvalue weighted by molar-refractivity contribution is -0.129. The lowest BCUT2D eigenvalue weighted by Gasteiger charge is -2.42. The molecule has 0 radical (unpaired) electrons. The predicted molar refractivity (Wildman–Crippen MR) is 112 cm³/mol. The molecule has 1 fully saturated rings. The van der Waals surface area contributed by atoms with Crippen molar-refractivity contribution in [2.24, 2.45) is 0 Å². The van der Waals surface area contributed by atoms with Crippen molar-refractivity contribution in [2.45, 2.75) is 19.3 Å². The SMILES string of the molecule is Cc1ccccc1N1CSC2=C(C#N)[C@@H](c3ccc(Br)cc3)CC(=O)N2C1. The second kappa shape index (κ2) is 7.41. The fourth-order valence-electron chi connectivity index (χ4n) is 3.61. The summed E-state index contributed by atoms with van der Waals surface area (Å²) in [6.07, 6.45) is 0.330. The van der Waals surface area contributed by atoms with E-state index in [9.17, 15) is 10.1 Å². The molecule has 0 aromatic heterocycles. The number of aryl methyl sites for hydroxylation is 1. The minimum absolute atomic E-state index is 0.0719. The Labute approximate surface area is 171 Å². The van der Waals surface area contributed by atoms with Crippen LogP contribution in [0.3, 0.4) is 0 Å². The van der Waals surface area contributed by atoms with Crippen molar-refractivity contribution >= 4 is 39.3 Å². The molecule has 6 heteroatoms. The van der Waals surface area contributed by atoms with Crippen LogP contribution in [-0.2, 0) is 4.79 Å². The van der Waals surface area contributed by atoms with E-state index in [4.69, 9.17) is 0 Å². The molecule has 4 rings (SSSR count). The van der Waals surface area contributed by atoms with Crippen LogP contribution in [0.1, 0.15) is 23.5 Å². The van der Waals surface area contributed by atoms with E-state index in [0.29, 0.717) is 18.7 Å². The van der Waals surface area contributed by atoms with Crippen molar-refractivity contribution in [3.63, 3.8) is 0 Å². The Morgan fingerprint density at radius 3 is 2.63 bits per heavy atom. The normalized spacial score (nSPS) is 19.7. The van der Waals surface area contributed by atoms with E-state index in [2.05, 4.69) is 46.0 Å². The molecule has 0 spiro atoms. The number of anilines is 1. The lowest BCUT2D eigenvalue weighted by Crippen LogP contribution is -2.47. The smallest absolute Gasteiger partial charge is 0.229 e. The third-order valence-electron chi connectivity index (χ3n) is 5.02. The predicted octanol–water partition coefficient (Wildman–Crippen LogP) is 4.98. The number of carbonyl (C=O) groups excluding carboxylic acids is 1. The number of benzene rings is 2. The molecular weight excluding hydrogens is 422 g/mol. The first kappa shape index (κ1) is 18.1. The molecule has 27 heavy (non-hydrogen) atoms. The number of hydrogen-bond acceptors (Lipinski definition) is 4. The average molecular weight is 440 g/mol. The van der Waals surface area contributed by atoms with Gasteiger partial charge in [0.2, 0.25) is 5.91 Å². The number of rotatable bonds is 2. The first-order valence-electron chi connectivity index (χ1n) is 8.72. The molecule has 1 amide bonds. The summed E-state index contributed by atoms with van der Waals surface area (Å²) in [4.78, 5) is 16.9. The number of halogens is 1. The van der Waals surface area contributed by atoms with Crippen molar-refractivity contribution in [2.75, 3.05) is 17.4 Å². The van der Waals surface area contributed by atoms with Crippen LogP contribution >= 0.6 is 27.7 Å². The number of amides is 1. The van der Waals surface area contributed by atoms with Gasteiger partial charge in [0.15, 0.2) is 0 Å². The summed E-state index contributed by atoms with van der Waals surface area (Å²) in [5, 5.41) is 10.7. The summed E-state index contributed by atoms with van der Waals surface area (Å²) < 4.78 is 0.988. The summed E-state index contributed by atoms with van der Waals surface area (Å²) in [5.41, 5.74) is 4.03. The molecule has 0 aliphatic carbocycles. The number of carbonyl (C=O) groups is 1. The zero-order chi connectivity index (χ0) is 19.0. The summed E-state index contributed by atoms with van der Waals surface area (Å²) in [7, 11) is 0. The molecule has 2 aliphatic heterocycles. The van der Waals surface area contributed by atoms with Crippen LogP contribution in [0.2, 0.25) is 0 Å². The Morgan fingerprint density at radius 2 is 1.93 bits per heavy atom. The maximum absolute atomic E-state index is 12.9. The van der Waals surface area contributed by atoms with Crippen LogP contribution in [-0.4, -0.2) is 23.4 Å². The molecule has 4 nitrogen and oxygen atoms in total. The van der Waals surface area contributed by atoms with Crippen molar-refractivity contribution in [3.05, 3.63) is 74.7 Å². The van der Waals surface area contributed by atoms with Gasteiger partial charge in [0.1, 0.15) is 0 Å². The Bertz CT molecular complexity index is 964. The molecule has 1 saturated heterocycles. The average Bonchev–Trinajstić information content (AvgIpc) is 2.69. The Morgan fingerprint density at radius 1 is 1.19 bits per heavy atom. The van der Waals surface area contributed by atoms with Gasteiger partial charge in [0.25, 0.3) is 0 Å². The second-order valence-corrected chi connectivity index (χ2v) is 8.55. The van der Waals surface area contributed by atoms with Crippen LogP contribution < -0.4 is 4.90 Å².